The highest BCUT2D eigenvalue weighted by atomic mass is 32.1. The van der Waals surface area contributed by atoms with Gasteiger partial charge in [-0.1, -0.05) is 6.07 Å². The number of anilines is 2. The van der Waals surface area contributed by atoms with Gasteiger partial charge in [-0.3, -0.25) is 9.69 Å². The van der Waals surface area contributed by atoms with E-state index in [0.29, 0.717) is 17.3 Å². The van der Waals surface area contributed by atoms with Gasteiger partial charge in [0, 0.05) is 23.9 Å². The summed E-state index contributed by atoms with van der Waals surface area (Å²) >= 11 is 1.07. The SMILES string of the molecule is CC(=O)N(c1nc(/C=C2\N=C(c3ccc(C)c(C)c3)OC2=O)cs1)c1ccc(F)cc1F. The van der Waals surface area contributed by atoms with Gasteiger partial charge in [0.05, 0.1) is 11.4 Å². The van der Waals surface area contributed by atoms with Crippen LogP contribution in [0.15, 0.2) is 52.5 Å². The molecule has 32 heavy (non-hydrogen) atoms. The zero-order chi connectivity index (χ0) is 23.0. The van der Waals surface area contributed by atoms with Gasteiger partial charge >= 0.3 is 5.97 Å². The Kier molecular flexibility index (Phi) is 5.67. The number of aromatic nitrogens is 1. The summed E-state index contributed by atoms with van der Waals surface area (Å²) in [7, 11) is 0. The van der Waals surface area contributed by atoms with Crippen molar-refractivity contribution in [2.45, 2.75) is 20.8 Å². The number of hydrogen-bond donors (Lipinski definition) is 0. The van der Waals surface area contributed by atoms with E-state index in [-0.39, 0.29) is 22.4 Å². The van der Waals surface area contributed by atoms with Crippen LogP contribution in [0.1, 0.15) is 29.3 Å². The van der Waals surface area contributed by atoms with Crippen molar-refractivity contribution in [1.82, 2.24) is 4.98 Å². The summed E-state index contributed by atoms with van der Waals surface area (Å²) in [4.78, 5) is 34.0. The molecule has 0 atom stereocenters. The van der Waals surface area contributed by atoms with E-state index in [9.17, 15) is 18.4 Å². The smallest absolute Gasteiger partial charge is 0.363 e. The molecule has 0 radical (unpaired) electrons. The normalized spacial score (nSPS) is 14.5. The van der Waals surface area contributed by atoms with E-state index in [2.05, 4.69) is 9.98 Å². The lowest BCUT2D eigenvalue weighted by Crippen LogP contribution is -2.23. The van der Waals surface area contributed by atoms with E-state index < -0.39 is 23.5 Å². The van der Waals surface area contributed by atoms with Crippen molar-refractivity contribution in [3.05, 3.63) is 81.5 Å². The molecule has 1 aliphatic heterocycles. The Morgan fingerprint density at radius 1 is 1.12 bits per heavy atom. The molecular formula is C23H17F2N3O3S. The quantitative estimate of drug-likeness (QED) is 0.409. The fraction of sp³-hybridized carbons (Fsp3) is 0.130. The van der Waals surface area contributed by atoms with Crippen molar-refractivity contribution in [1.29, 1.82) is 0 Å². The molecule has 2 heterocycles. The molecule has 2 aromatic carbocycles. The van der Waals surface area contributed by atoms with Gasteiger partial charge in [0.15, 0.2) is 10.8 Å². The molecule has 162 valence electrons. The van der Waals surface area contributed by atoms with Gasteiger partial charge in [0.2, 0.25) is 11.8 Å². The molecule has 0 aliphatic carbocycles. The zero-order valence-corrected chi connectivity index (χ0v) is 18.2. The fourth-order valence-corrected chi connectivity index (χ4v) is 3.90. The van der Waals surface area contributed by atoms with E-state index in [0.717, 1.165) is 33.4 Å². The van der Waals surface area contributed by atoms with Crippen LogP contribution in [0.4, 0.5) is 19.6 Å². The summed E-state index contributed by atoms with van der Waals surface area (Å²) < 4.78 is 32.8. The van der Waals surface area contributed by atoms with Crippen LogP contribution in [-0.2, 0) is 14.3 Å². The minimum atomic E-state index is -0.891. The van der Waals surface area contributed by atoms with Gasteiger partial charge in [0.1, 0.15) is 11.6 Å². The lowest BCUT2D eigenvalue weighted by Gasteiger charge is -2.18. The van der Waals surface area contributed by atoms with Gasteiger partial charge in [-0.05, 0) is 55.3 Å². The number of nitrogens with zero attached hydrogens (tertiary/aromatic N) is 3. The van der Waals surface area contributed by atoms with Gasteiger partial charge in [-0.15, -0.1) is 11.3 Å². The van der Waals surface area contributed by atoms with Crippen molar-refractivity contribution in [3.8, 4) is 0 Å². The van der Waals surface area contributed by atoms with E-state index in [1.54, 1.807) is 5.38 Å². The van der Waals surface area contributed by atoms with Crippen molar-refractivity contribution >= 4 is 46.0 Å². The Balaban J connectivity index is 1.65. The molecule has 0 fully saturated rings. The van der Waals surface area contributed by atoms with Crippen LogP contribution < -0.4 is 4.90 Å². The van der Waals surface area contributed by atoms with Crippen LogP contribution in [0.2, 0.25) is 0 Å². The number of ether oxygens (including phenoxy) is 1. The lowest BCUT2D eigenvalue weighted by molar-refractivity contribution is -0.130. The topological polar surface area (TPSA) is 71.9 Å². The van der Waals surface area contributed by atoms with Crippen molar-refractivity contribution < 1.29 is 23.1 Å². The average Bonchev–Trinajstić information content (AvgIpc) is 3.33. The first-order chi connectivity index (χ1) is 15.2. The number of benzene rings is 2. The third kappa shape index (κ3) is 4.19. The predicted octanol–water partition coefficient (Wildman–Crippen LogP) is 5.07. The molecule has 3 aromatic rings. The van der Waals surface area contributed by atoms with E-state index in [1.807, 2.05) is 32.0 Å². The maximum absolute atomic E-state index is 14.2. The second-order valence-corrected chi connectivity index (χ2v) is 7.98. The Labute approximate surface area is 186 Å². The van der Waals surface area contributed by atoms with Crippen LogP contribution in [0.5, 0.6) is 0 Å². The van der Waals surface area contributed by atoms with E-state index >= 15 is 0 Å². The number of rotatable bonds is 4. The standard InChI is InChI=1S/C23H17F2N3O3S/c1-12-4-5-15(8-13(12)2)21-27-19(22(30)31-21)10-17-11-32-23(26-17)28(14(3)29)20-7-6-16(24)9-18(20)25/h4-11H,1-3H3/b19-10-. The third-order valence-electron chi connectivity index (χ3n) is 4.83. The number of carbonyl (C=O) groups excluding carboxylic acids is 2. The van der Waals surface area contributed by atoms with E-state index in [4.69, 9.17) is 4.74 Å². The molecule has 0 unspecified atom stereocenters. The number of carbonyl (C=O) groups is 2. The van der Waals surface area contributed by atoms with Crippen molar-refractivity contribution in [3.63, 3.8) is 0 Å². The van der Waals surface area contributed by atoms with Crippen molar-refractivity contribution in [2.75, 3.05) is 4.90 Å². The maximum atomic E-state index is 14.2. The summed E-state index contributed by atoms with van der Waals surface area (Å²) in [5, 5.41) is 1.76. The highest BCUT2D eigenvalue weighted by Gasteiger charge is 2.26. The van der Waals surface area contributed by atoms with Crippen LogP contribution in [-0.4, -0.2) is 22.8 Å². The fourth-order valence-electron chi connectivity index (χ4n) is 3.06. The second kappa shape index (κ2) is 8.43. The minimum Gasteiger partial charge on any atom is -0.402 e. The Hall–Kier alpha value is -3.72. The second-order valence-electron chi connectivity index (χ2n) is 7.14. The van der Waals surface area contributed by atoms with E-state index in [1.165, 1.54) is 19.1 Å². The average molecular weight is 453 g/mol. The monoisotopic (exact) mass is 453 g/mol. The molecule has 0 bridgehead atoms. The van der Waals surface area contributed by atoms with Gasteiger partial charge < -0.3 is 4.74 Å². The largest absolute Gasteiger partial charge is 0.402 e. The van der Waals surface area contributed by atoms with Gasteiger partial charge in [-0.25, -0.2) is 23.6 Å². The first kappa shape index (κ1) is 21.5. The number of aliphatic imine (C=N–C) groups is 1. The highest BCUT2D eigenvalue weighted by molar-refractivity contribution is 7.14. The Morgan fingerprint density at radius 3 is 2.59 bits per heavy atom. The molecule has 0 saturated heterocycles. The van der Waals surface area contributed by atoms with Crippen LogP contribution in [0.25, 0.3) is 6.08 Å². The van der Waals surface area contributed by atoms with Gasteiger partial charge in [0.25, 0.3) is 0 Å². The molecule has 1 aliphatic rings. The highest BCUT2D eigenvalue weighted by Crippen LogP contribution is 2.32. The lowest BCUT2D eigenvalue weighted by atomic mass is 10.1. The summed E-state index contributed by atoms with van der Waals surface area (Å²) in [5.41, 5.74) is 3.10. The maximum Gasteiger partial charge on any atom is 0.363 e. The number of cyclic esters (lactones) is 1. The molecule has 9 heteroatoms. The molecule has 0 spiro atoms. The molecule has 4 rings (SSSR count). The minimum absolute atomic E-state index is 0.0532. The first-order valence-corrected chi connectivity index (χ1v) is 10.4. The van der Waals surface area contributed by atoms with Crippen LogP contribution in [0.3, 0.4) is 0 Å². The number of amides is 1. The molecule has 0 saturated carbocycles. The third-order valence-corrected chi connectivity index (χ3v) is 5.67. The van der Waals surface area contributed by atoms with Gasteiger partial charge in [-0.2, -0.15) is 0 Å². The molecule has 1 amide bonds. The summed E-state index contributed by atoms with van der Waals surface area (Å²) in [6, 6.07) is 8.54. The predicted molar refractivity (Wildman–Crippen MR) is 118 cm³/mol. The molecule has 6 nitrogen and oxygen atoms in total. The number of aryl methyl sites for hydroxylation is 2. The summed E-state index contributed by atoms with van der Waals surface area (Å²) in [6.45, 7) is 5.18. The number of hydrogen-bond acceptors (Lipinski definition) is 6. The molecule has 1 aromatic heterocycles. The summed E-state index contributed by atoms with van der Waals surface area (Å²) in [6.07, 6.45) is 1.43. The number of thiazole rings is 1. The first-order valence-electron chi connectivity index (χ1n) is 9.54. The summed E-state index contributed by atoms with van der Waals surface area (Å²) in [5.74, 6) is -2.58. The molecular weight excluding hydrogens is 436 g/mol. The number of esters is 1. The Bertz CT molecular complexity index is 1310. The Morgan fingerprint density at radius 2 is 1.91 bits per heavy atom. The molecule has 0 N–H and O–H groups in total. The van der Waals surface area contributed by atoms with Crippen LogP contribution >= 0.6 is 11.3 Å². The van der Waals surface area contributed by atoms with Crippen LogP contribution in [0, 0.1) is 25.5 Å². The number of halogens is 2. The zero-order valence-electron chi connectivity index (χ0n) is 17.3. The van der Waals surface area contributed by atoms with Crippen molar-refractivity contribution in [2.24, 2.45) is 4.99 Å².